The molecule has 0 bridgehead atoms. The summed E-state index contributed by atoms with van der Waals surface area (Å²) in [7, 11) is 0. The molecule has 3 atom stereocenters. The number of amides is 2. The van der Waals surface area contributed by atoms with Crippen LogP contribution in [0.2, 0.25) is 5.15 Å². The highest BCUT2D eigenvalue weighted by molar-refractivity contribution is 6.29. The number of hydrogen-bond donors (Lipinski definition) is 8. The van der Waals surface area contributed by atoms with Gasteiger partial charge in [-0.05, 0) is 177 Å². The van der Waals surface area contributed by atoms with E-state index in [1.54, 1.807) is 61.2 Å². The predicted octanol–water partition coefficient (Wildman–Crippen LogP) is 19.3. The van der Waals surface area contributed by atoms with E-state index in [9.17, 15) is 38.5 Å². The summed E-state index contributed by atoms with van der Waals surface area (Å²) in [5.41, 5.74) is 13.2. The van der Waals surface area contributed by atoms with E-state index < -0.39 is 29.3 Å². The Labute approximate surface area is 666 Å². The topological polar surface area (TPSA) is 346 Å². The second-order valence-corrected chi connectivity index (χ2v) is 28.6. The maximum absolute atomic E-state index is 15.1. The molecule has 580 valence electrons. The summed E-state index contributed by atoms with van der Waals surface area (Å²) in [4.78, 5) is 61.1. The minimum Gasteiger partial charge on any atom is -0.365 e. The average Bonchev–Trinajstić information content (AvgIpc) is 1.64. The van der Waals surface area contributed by atoms with Gasteiger partial charge in [-0.1, -0.05) is 96.5 Å². The number of carbonyl (C=O) groups is 2. The van der Waals surface area contributed by atoms with Gasteiger partial charge < -0.3 is 43.0 Å². The number of aromatic nitrogens is 8. The monoisotopic (exact) mass is 1560 g/mol. The lowest BCUT2D eigenvalue weighted by atomic mass is 10.0. The Morgan fingerprint density at radius 1 is 0.400 bits per heavy atom. The molecule has 0 unspecified atom stereocenters. The highest BCUT2D eigenvalue weighted by Gasteiger charge is 2.37. The van der Waals surface area contributed by atoms with Crippen LogP contribution >= 0.6 is 11.6 Å². The van der Waals surface area contributed by atoms with Crippen molar-refractivity contribution in [3.05, 3.63) is 256 Å². The number of pyridine rings is 8. The molecule has 2 amide bonds. The number of imide groups is 1. The molecule has 1 aliphatic rings. The van der Waals surface area contributed by atoms with Gasteiger partial charge in [-0.15, -0.1) is 0 Å². The molecule has 0 aliphatic carbocycles. The van der Waals surface area contributed by atoms with E-state index in [0.29, 0.717) is 53.1 Å². The first-order chi connectivity index (χ1) is 55.5. The SMILES string of the molecule is CC(C)C[C@H](CN)Nc1nc(Nc2ccc3ncccc3c2)c(C#N)cc1F.CC(C)C[C@H](CN1C(=O)c2ccccc2C1=O)Nc1nc(Nc2ccc3ncccc3c2)c(C#N)cc1F.CC[C@@H](CC(C)C)Nc1nc(Nc2ccc3ncccc3c2)c(C#N)cc1F.N#Cc1cc(F)c(Cl)nc1Nc1ccc2ncccc2c1. The number of rotatable bonds is 24. The summed E-state index contributed by atoms with van der Waals surface area (Å²) in [5.74, 6) is -0.994. The molecule has 14 rings (SSSR count). The fraction of sp³-hybridized carbons (Fsp3) is 0.218. The van der Waals surface area contributed by atoms with Crippen LogP contribution in [0.4, 0.5) is 81.0 Å². The second-order valence-electron chi connectivity index (χ2n) is 28.2. The Kier molecular flexibility index (Phi) is 27.3. The van der Waals surface area contributed by atoms with Gasteiger partial charge in [-0.2, -0.15) is 21.0 Å². The number of nitriles is 4. The summed E-state index contributed by atoms with van der Waals surface area (Å²) < 4.78 is 57.3. The smallest absolute Gasteiger partial charge is 0.261 e. The molecule has 0 radical (unpaired) electrons. The third-order valence-corrected chi connectivity index (χ3v) is 18.4. The number of nitrogens with two attached hydrogens (primary N) is 1. The molecule has 9 N–H and O–H groups in total. The first kappa shape index (κ1) is 82.0. The number of nitrogens with zero attached hydrogens (tertiary/aromatic N) is 13. The minimum absolute atomic E-state index is 0.0418. The number of nitrogens with one attached hydrogen (secondary N) is 7. The fourth-order valence-corrected chi connectivity index (χ4v) is 12.9. The lowest BCUT2D eigenvalue weighted by Gasteiger charge is -2.26. The maximum atomic E-state index is 15.1. The predicted molar refractivity (Wildman–Crippen MR) is 443 cm³/mol. The van der Waals surface area contributed by atoms with Crippen molar-refractivity contribution in [2.75, 3.05) is 50.3 Å². The Bertz CT molecular complexity index is 5710. The summed E-state index contributed by atoms with van der Waals surface area (Å²) in [5, 5.41) is 62.6. The molecule has 8 aromatic heterocycles. The molecular weight excluding hydrogens is 1480 g/mol. The third-order valence-electron chi connectivity index (χ3n) is 18.2. The lowest BCUT2D eigenvalue weighted by molar-refractivity contribution is 0.0644. The highest BCUT2D eigenvalue weighted by Crippen LogP contribution is 2.33. The van der Waals surface area contributed by atoms with Crippen LogP contribution in [-0.4, -0.2) is 87.8 Å². The minimum atomic E-state index is -0.721. The van der Waals surface area contributed by atoms with Gasteiger partial charge in [0.15, 0.2) is 63.3 Å². The maximum Gasteiger partial charge on any atom is 0.261 e. The molecule has 115 heavy (non-hydrogen) atoms. The summed E-state index contributed by atoms with van der Waals surface area (Å²) >= 11 is 5.66. The van der Waals surface area contributed by atoms with Crippen molar-refractivity contribution < 1.29 is 27.2 Å². The van der Waals surface area contributed by atoms with E-state index in [4.69, 9.17) is 22.6 Å². The first-order valence-electron chi connectivity index (χ1n) is 37.0. The molecule has 1 aliphatic heterocycles. The van der Waals surface area contributed by atoms with Gasteiger partial charge in [0.05, 0.1) is 55.4 Å². The van der Waals surface area contributed by atoms with Crippen molar-refractivity contribution in [3.63, 3.8) is 0 Å². The third kappa shape index (κ3) is 21.2. The normalized spacial score (nSPS) is 12.2. The molecule has 0 fully saturated rings. The van der Waals surface area contributed by atoms with Crippen LogP contribution < -0.4 is 43.0 Å². The molecule has 13 aromatic rings. The summed E-state index contributed by atoms with van der Waals surface area (Å²) in [6.45, 7) is 14.9. The van der Waals surface area contributed by atoms with Crippen molar-refractivity contribution in [1.29, 1.82) is 21.0 Å². The van der Waals surface area contributed by atoms with Crippen molar-refractivity contribution >= 4 is 131 Å². The van der Waals surface area contributed by atoms with Gasteiger partial charge in [0.25, 0.3) is 11.8 Å². The average molecular weight is 1560 g/mol. The Hall–Kier alpha value is -14.0. The van der Waals surface area contributed by atoms with Gasteiger partial charge in [-0.3, -0.25) is 34.4 Å². The van der Waals surface area contributed by atoms with E-state index in [1.807, 2.05) is 147 Å². The fourth-order valence-electron chi connectivity index (χ4n) is 12.8. The van der Waals surface area contributed by atoms with Crippen molar-refractivity contribution in [1.82, 2.24) is 44.8 Å². The lowest BCUT2D eigenvalue weighted by Crippen LogP contribution is -2.41. The van der Waals surface area contributed by atoms with Crippen LogP contribution in [0.3, 0.4) is 0 Å². The van der Waals surface area contributed by atoms with Crippen LogP contribution in [0.25, 0.3) is 43.6 Å². The highest BCUT2D eigenvalue weighted by atomic mass is 35.5. The zero-order valence-electron chi connectivity index (χ0n) is 63.8. The molecular formula is C87H80ClF4N21O2. The Morgan fingerprint density at radius 3 is 1.03 bits per heavy atom. The Morgan fingerprint density at radius 2 is 0.704 bits per heavy atom. The number of anilines is 11. The standard InChI is InChI=1S/C29H25FN6O2.C22H24FN5.C21H23FN6.C15H8ClFN4/c1-17(2)12-21(16-36-28(37)22-7-3-4-8-23(22)29(36)38)34-27-24(30)14-19(15-31)26(35-27)33-20-9-10-25-18(13-20)6-5-11-32-25;1-4-17(10-14(2)3)26-22-19(23)12-16(13-24)21(28-22)27-18-7-8-20-15(11-18)6-5-9-25-20;1-13(2)8-17(12-24)27-21-18(22)10-15(11-23)20(28-21)26-16-5-6-19-14(9-16)4-3-7-25-19;16-14-12(17)7-10(8-18)15(21-14)20-11-3-4-13-9(6-11)2-1-5-19-13/h3-11,13-14,17,21H,12,16H2,1-2H3,(H2,33,34,35);5-9,11-12,14,17H,4,10H2,1-3H3,(H2,26,27,28);3-7,9-10,13,17H,8,12,24H2,1-2H3,(H2,26,27,28);1-7H,(H,20,21)/t21-;2*17-;/m101./s1. The molecule has 9 heterocycles. The van der Waals surface area contributed by atoms with Gasteiger partial charge in [0.1, 0.15) is 30.1 Å². The van der Waals surface area contributed by atoms with Crippen molar-refractivity contribution in [2.24, 2.45) is 23.5 Å². The van der Waals surface area contributed by atoms with E-state index in [0.717, 1.165) is 86.4 Å². The molecule has 0 saturated heterocycles. The van der Waals surface area contributed by atoms with E-state index in [2.05, 4.69) is 112 Å². The molecule has 5 aromatic carbocycles. The second kappa shape index (κ2) is 38.3. The van der Waals surface area contributed by atoms with Crippen LogP contribution in [0.1, 0.15) is 117 Å². The molecule has 0 saturated carbocycles. The summed E-state index contributed by atoms with van der Waals surface area (Å²) in [6, 6.07) is 56.1. The number of fused-ring (bicyclic) bond motifs is 5. The van der Waals surface area contributed by atoms with Gasteiger partial charge in [-0.25, -0.2) is 37.5 Å². The van der Waals surface area contributed by atoms with Gasteiger partial charge >= 0.3 is 0 Å². The van der Waals surface area contributed by atoms with Crippen LogP contribution in [0.15, 0.2) is 195 Å². The van der Waals surface area contributed by atoms with Crippen LogP contribution in [-0.2, 0) is 0 Å². The summed E-state index contributed by atoms with van der Waals surface area (Å²) in [6.07, 6.45) is 10.0. The molecule has 0 spiro atoms. The first-order valence-corrected chi connectivity index (χ1v) is 37.4. The largest absolute Gasteiger partial charge is 0.365 e. The molecule has 23 nitrogen and oxygen atoms in total. The number of halogens is 5. The zero-order valence-corrected chi connectivity index (χ0v) is 64.5. The van der Waals surface area contributed by atoms with Crippen molar-refractivity contribution in [2.45, 2.75) is 92.3 Å². The van der Waals surface area contributed by atoms with Crippen molar-refractivity contribution in [3.8, 4) is 24.3 Å². The number of carbonyl (C=O) groups excluding carboxylic acids is 2. The molecule has 28 heteroatoms. The zero-order chi connectivity index (χ0) is 81.8. The van der Waals surface area contributed by atoms with Crippen LogP contribution in [0.5, 0.6) is 0 Å². The number of hydrogen-bond acceptors (Lipinski definition) is 22. The van der Waals surface area contributed by atoms with E-state index in [-0.39, 0.29) is 98.7 Å². The van der Waals surface area contributed by atoms with E-state index in [1.165, 1.54) is 17.0 Å². The Balaban J connectivity index is 0.000000154. The van der Waals surface area contributed by atoms with Crippen LogP contribution in [0, 0.1) is 86.3 Å². The number of benzene rings is 5. The van der Waals surface area contributed by atoms with Gasteiger partial charge in [0, 0.05) is 100 Å². The quantitative estimate of drug-likeness (QED) is 0.0158. The van der Waals surface area contributed by atoms with Gasteiger partial charge in [0.2, 0.25) is 0 Å². The van der Waals surface area contributed by atoms with E-state index >= 15 is 4.39 Å².